The zero-order chi connectivity index (χ0) is 53.4. The predicted octanol–water partition coefficient (Wildman–Crippen LogP) is 14.4. The Balaban J connectivity index is 1.17. The zero-order valence-electron chi connectivity index (χ0n) is 48.5. The maximum Gasteiger partial charge on any atom is 0.135 e. The molecule has 0 bridgehead atoms. The van der Waals surface area contributed by atoms with E-state index in [0.717, 1.165) is 23.5 Å². The Morgan fingerprint density at radius 1 is 0.509 bits per heavy atom. The lowest BCUT2D eigenvalue weighted by atomic mass is 9.73. The molecular formula is C50H33NOS. The molecule has 0 saturated heterocycles. The number of benzene rings is 8. The highest BCUT2D eigenvalue weighted by atomic mass is 32.1. The first-order valence-corrected chi connectivity index (χ1v) is 17.2. The minimum absolute atomic E-state index is 0.0312. The number of thiophene rings is 1. The van der Waals surface area contributed by atoms with Gasteiger partial charge in [0, 0.05) is 53.4 Å². The highest BCUT2D eigenvalue weighted by molar-refractivity contribution is 7.25. The standard InChI is InChI=1S/C50H33NOS/c1-50(42-17-8-5-14-37(42)38-15-6-9-18-43(38)50)44-19-11-20-46-49(44)41-30-33(24-29-45(41)52-46)32-22-25-35(26-23-32)51(34-12-3-2-4-13-34)36-27-28-40-39-16-7-10-21-47(39)53-48(40)31-36/h2-31H,1H3/i3D,4D,5D,7D,8D,9D,10D,12D,13D,14D,15D,16D,18D,19D,20D,21D,22D,23D,24D,27D,29D. The van der Waals surface area contributed by atoms with E-state index in [1.165, 1.54) is 47.4 Å². The van der Waals surface area contributed by atoms with E-state index in [1.807, 2.05) is 0 Å². The zero-order valence-corrected chi connectivity index (χ0v) is 28.3. The number of rotatable bonds is 5. The van der Waals surface area contributed by atoms with Gasteiger partial charge in [-0.15, -0.1) is 11.3 Å². The predicted molar refractivity (Wildman–Crippen MR) is 224 cm³/mol. The Labute approximate surface area is 341 Å². The molecule has 1 atom stereocenters. The summed E-state index contributed by atoms with van der Waals surface area (Å²) in [5, 5.41) is 0.554. The topological polar surface area (TPSA) is 16.4 Å². The van der Waals surface area contributed by atoms with E-state index in [9.17, 15) is 9.60 Å². The van der Waals surface area contributed by atoms with Crippen molar-refractivity contribution in [2.45, 2.75) is 12.3 Å². The fraction of sp³-hybridized carbons (Fsp3) is 0.0400. The Kier molecular flexibility index (Phi) is 3.50. The van der Waals surface area contributed by atoms with Gasteiger partial charge in [-0.25, -0.2) is 0 Å². The lowest BCUT2D eigenvalue weighted by Gasteiger charge is -2.29. The van der Waals surface area contributed by atoms with Crippen LogP contribution in [-0.4, -0.2) is 0 Å². The summed E-state index contributed by atoms with van der Waals surface area (Å²) < 4.78 is 194. The van der Waals surface area contributed by atoms with Crippen molar-refractivity contribution < 1.29 is 33.2 Å². The first-order chi connectivity index (χ1) is 34.8. The van der Waals surface area contributed by atoms with Crippen LogP contribution in [0.1, 0.15) is 52.4 Å². The number of anilines is 3. The molecule has 0 fully saturated rings. The van der Waals surface area contributed by atoms with Gasteiger partial charge in [0.2, 0.25) is 0 Å². The van der Waals surface area contributed by atoms with Crippen molar-refractivity contribution in [3.05, 3.63) is 198 Å². The minimum atomic E-state index is -1.73. The van der Waals surface area contributed by atoms with Gasteiger partial charge in [0.1, 0.15) is 11.2 Å². The molecule has 53 heavy (non-hydrogen) atoms. The molecule has 8 aromatic carbocycles. The average molecular weight is 717 g/mol. The smallest absolute Gasteiger partial charge is 0.135 e. The van der Waals surface area contributed by atoms with E-state index in [4.69, 9.17) is 23.6 Å². The van der Waals surface area contributed by atoms with Crippen LogP contribution >= 0.6 is 11.3 Å². The molecule has 0 aliphatic heterocycles. The van der Waals surface area contributed by atoms with E-state index in [0.29, 0.717) is 10.1 Å². The van der Waals surface area contributed by atoms with Crippen LogP contribution in [0, 0.1) is 0 Å². The van der Waals surface area contributed by atoms with Crippen LogP contribution < -0.4 is 4.90 Å². The van der Waals surface area contributed by atoms with Gasteiger partial charge in [-0.1, -0.05) is 121 Å². The molecule has 1 aliphatic carbocycles. The van der Waals surface area contributed by atoms with Crippen LogP contribution in [0.3, 0.4) is 0 Å². The Morgan fingerprint density at radius 2 is 1.34 bits per heavy atom. The molecule has 250 valence electrons. The number of hydrogen-bond donors (Lipinski definition) is 0. The second-order valence-electron chi connectivity index (χ2n) is 12.6. The molecule has 2 nitrogen and oxygen atoms in total. The molecule has 11 rings (SSSR count). The third-order valence-electron chi connectivity index (χ3n) is 9.76. The average Bonchev–Trinajstić information content (AvgIpc) is 4.04. The number of para-hydroxylation sites is 1. The Morgan fingerprint density at radius 3 is 2.25 bits per heavy atom. The summed E-state index contributed by atoms with van der Waals surface area (Å²) in [5.74, 6) is 0. The fourth-order valence-corrected chi connectivity index (χ4v) is 8.37. The van der Waals surface area contributed by atoms with Gasteiger partial charge >= 0.3 is 0 Å². The molecule has 0 saturated carbocycles. The number of hydrogen-bond acceptors (Lipinski definition) is 3. The van der Waals surface area contributed by atoms with Crippen molar-refractivity contribution in [3.8, 4) is 22.3 Å². The van der Waals surface area contributed by atoms with E-state index in [1.54, 1.807) is 6.92 Å². The van der Waals surface area contributed by atoms with Crippen LogP contribution in [-0.2, 0) is 5.41 Å². The van der Waals surface area contributed by atoms with Gasteiger partial charge in [0.15, 0.2) is 0 Å². The van der Waals surface area contributed by atoms with Gasteiger partial charge in [-0.3, -0.25) is 0 Å². The largest absolute Gasteiger partial charge is 0.456 e. The van der Waals surface area contributed by atoms with E-state index >= 15 is 0 Å². The minimum Gasteiger partial charge on any atom is -0.456 e. The van der Waals surface area contributed by atoms with Crippen LogP contribution in [0.15, 0.2) is 186 Å². The maximum absolute atomic E-state index is 9.54. The molecule has 0 N–H and O–H groups in total. The summed E-state index contributed by atoms with van der Waals surface area (Å²) in [7, 11) is 0. The van der Waals surface area contributed by atoms with E-state index in [-0.39, 0.29) is 142 Å². The maximum atomic E-state index is 9.54. The summed E-state index contributed by atoms with van der Waals surface area (Å²) in [4.78, 5) is 1.18. The Hall–Kier alpha value is -6.42. The quantitative estimate of drug-likeness (QED) is 0.176. The SMILES string of the molecule is [2H]c1cc2c(cc1N(c1cc([2H])c(-c3cc4c(oc5c([2H])cc([2H])c(C6(C)c7cc([2H])c([2H])c([2H])c7-c7c([2H])cc([2H])c([2H])c76)c54)c([2H])c3[2H])c([2H])c1)c1c([2H])c([2H])cc([2H])c1[2H])sc1c([2H])c([2H])c([2H])c([2H])c12. The van der Waals surface area contributed by atoms with Crippen molar-refractivity contribution in [2.75, 3.05) is 4.90 Å². The summed E-state index contributed by atoms with van der Waals surface area (Å²) in [6.45, 7) is 1.59. The molecule has 10 aromatic rings. The summed E-state index contributed by atoms with van der Waals surface area (Å²) in [6, 6.07) is 2.72. The molecule has 2 aromatic heterocycles. The number of furan rings is 1. The third-order valence-corrected chi connectivity index (χ3v) is 10.8. The van der Waals surface area contributed by atoms with Crippen LogP contribution in [0.25, 0.3) is 64.4 Å². The molecule has 1 unspecified atom stereocenters. The summed E-state index contributed by atoms with van der Waals surface area (Å²) in [5.41, 5.74) is -2.66. The highest BCUT2D eigenvalue weighted by Gasteiger charge is 2.41. The lowest BCUT2D eigenvalue weighted by molar-refractivity contribution is 0.666. The molecule has 3 heteroatoms. The number of nitrogens with zero attached hydrogens (tertiary/aromatic N) is 1. The third kappa shape index (κ3) is 4.51. The normalized spacial score (nSPS) is 20.5. The van der Waals surface area contributed by atoms with Crippen LogP contribution in [0.2, 0.25) is 0 Å². The van der Waals surface area contributed by atoms with Crippen molar-refractivity contribution in [2.24, 2.45) is 0 Å². The van der Waals surface area contributed by atoms with Gasteiger partial charge in [-0.05, 0) is 106 Å². The molecule has 2 heterocycles. The van der Waals surface area contributed by atoms with E-state index < -0.39 is 77.9 Å². The monoisotopic (exact) mass is 716 g/mol. The Bertz CT molecular complexity index is 4210. The second-order valence-corrected chi connectivity index (χ2v) is 13.6. The first kappa shape index (κ1) is 16.1. The number of fused-ring (bicyclic) bond motifs is 9. The van der Waals surface area contributed by atoms with Gasteiger partial charge < -0.3 is 9.32 Å². The molecule has 0 amide bonds. The molecular weight excluding hydrogens is 663 g/mol. The van der Waals surface area contributed by atoms with Gasteiger partial charge in [-0.2, -0.15) is 0 Å². The second kappa shape index (κ2) is 11.5. The molecule has 0 radical (unpaired) electrons. The van der Waals surface area contributed by atoms with Crippen molar-refractivity contribution >= 4 is 70.5 Å². The summed E-state index contributed by atoms with van der Waals surface area (Å²) in [6.07, 6.45) is 0. The van der Waals surface area contributed by atoms with Gasteiger partial charge in [0.05, 0.1) is 28.8 Å². The highest BCUT2D eigenvalue weighted by Crippen LogP contribution is 2.54. The van der Waals surface area contributed by atoms with Crippen molar-refractivity contribution in [1.82, 2.24) is 0 Å². The molecule has 1 aliphatic rings. The van der Waals surface area contributed by atoms with E-state index in [2.05, 4.69) is 0 Å². The van der Waals surface area contributed by atoms with Crippen LogP contribution in [0.4, 0.5) is 17.1 Å². The summed E-state index contributed by atoms with van der Waals surface area (Å²) >= 11 is 1.01. The van der Waals surface area contributed by atoms with Gasteiger partial charge in [0.25, 0.3) is 0 Å². The lowest BCUT2D eigenvalue weighted by Crippen LogP contribution is -2.22. The fourth-order valence-electron chi connectivity index (χ4n) is 7.34. The first-order valence-electron chi connectivity index (χ1n) is 26.9. The van der Waals surface area contributed by atoms with Crippen molar-refractivity contribution in [1.29, 1.82) is 0 Å². The van der Waals surface area contributed by atoms with Crippen molar-refractivity contribution in [3.63, 3.8) is 0 Å². The van der Waals surface area contributed by atoms with Crippen LogP contribution in [0.5, 0.6) is 0 Å². The molecule has 0 spiro atoms.